The predicted molar refractivity (Wildman–Crippen MR) is 115 cm³/mol. The van der Waals surface area contributed by atoms with E-state index in [0.29, 0.717) is 6.61 Å². The number of rotatable bonds is 12. The average Bonchev–Trinajstić information content (AvgIpc) is 2.63. The topological polar surface area (TPSA) is 29.5 Å². The molecule has 1 aromatic carbocycles. The van der Waals surface area contributed by atoms with Crippen LogP contribution in [0.4, 0.5) is 0 Å². The molecule has 0 saturated carbocycles. The Balaban J connectivity index is 2.30. The van der Waals surface area contributed by atoms with E-state index in [-0.39, 0.29) is 0 Å². The van der Waals surface area contributed by atoms with Gasteiger partial charge in [-0.15, -0.1) is 6.42 Å². The second kappa shape index (κ2) is 13.3. The lowest BCUT2D eigenvalue weighted by Crippen LogP contribution is -2.14. The van der Waals surface area contributed by atoms with Crippen molar-refractivity contribution in [1.29, 1.82) is 0 Å². The Bertz CT molecular complexity index is 635. The molecule has 1 N–H and O–H groups in total. The number of terminal acetylenes is 1. The van der Waals surface area contributed by atoms with Crippen LogP contribution in [0.15, 0.2) is 18.2 Å². The summed E-state index contributed by atoms with van der Waals surface area (Å²) >= 11 is 0. The first-order chi connectivity index (χ1) is 12.9. The first kappa shape index (κ1) is 23.1. The summed E-state index contributed by atoms with van der Waals surface area (Å²) in [6, 6.07) is 5.59. The molecule has 1 rings (SSSR count). The second-order valence-corrected chi connectivity index (χ2v) is 7.73. The minimum Gasteiger partial charge on any atom is -0.494 e. The zero-order valence-corrected chi connectivity index (χ0v) is 17.4. The molecule has 1 aromatic rings. The number of unbranched alkanes of at least 4 members (excludes halogenated alkanes) is 9. The molecule has 2 heteroatoms. The van der Waals surface area contributed by atoms with Gasteiger partial charge in [0.05, 0.1) is 6.61 Å². The third-order valence-corrected chi connectivity index (χ3v) is 4.35. The molecule has 0 aromatic heterocycles. The highest BCUT2D eigenvalue weighted by atomic mass is 16.5. The molecule has 2 nitrogen and oxygen atoms in total. The summed E-state index contributed by atoms with van der Waals surface area (Å²) in [6.07, 6.45) is 18.6. The van der Waals surface area contributed by atoms with Gasteiger partial charge in [0.2, 0.25) is 0 Å². The average molecular weight is 369 g/mol. The van der Waals surface area contributed by atoms with E-state index in [0.717, 1.165) is 23.3 Å². The molecule has 0 saturated heterocycles. The van der Waals surface area contributed by atoms with Crippen LogP contribution in [0, 0.1) is 24.2 Å². The summed E-state index contributed by atoms with van der Waals surface area (Å²) in [4.78, 5) is 0. The Morgan fingerprint density at radius 1 is 0.889 bits per heavy atom. The summed E-state index contributed by atoms with van der Waals surface area (Å²) < 4.78 is 5.87. The van der Waals surface area contributed by atoms with Gasteiger partial charge in [-0.1, -0.05) is 82.5 Å². The van der Waals surface area contributed by atoms with Gasteiger partial charge in [-0.2, -0.15) is 0 Å². The number of benzene rings is 1. The van der Waals surface area contributed by atoms with Crippen LogP contribution >= 0.6 is 0 Å². The van der Waals surface area contributed by atoms with Gasteiger partial charge in [-0.25, -0.2) is 0 Å². The fraction of sp³-hybridized carbons (Fsp3) is 0.600. The zero-order chi connectivity index (χ0) is 20.0. The van der Waals surface area contributed by atoms with Crippen molar-refractivity contribution in [3.63, 3.8) is 0 Å². The number of ether oxygens (including phenoxy) is 1. The predicted octanol–water partition coefficient (Wildman–Crippen LogP) is 6.09. The Morgan fingerprint density at radius 3 is 2.00 bits per heavy atom. The van der Waals surface area contributed by atoms with Crippen molar-refractivity contribution in [2.24, 2.45) is 0 Å². The van der Waals surface area contributed by atoms with Crippen molar-refractivity contribution in [2.75, 3.05) is 6.61 Å². The van der Waals surface area contributed by atoms with Crippen LogP contribution in [0.25, 0.3) is 0 Å². The maximum atomic E-state index is 9.75. The largest absolute Gasteiger partial charge is 0.494 e. The van der Waals surface area contributed by atoms with Crippen LogP contribution in [-0.2, 0) is 0 Å². The van der Waals surface area contributed by atoms with Crippen LogP contribution < -0.4 is 4.74 Å². The van der Waals surface area contributed by atoms with Crippen molar-refractivity contribution in [2.45, 2.75) is 90.6 Å². The smallest absolute Gasteiger partial charge is 0.121 e. The third kappa shape index (κ3) is 12.2. The summed E-state index contributed by atoms with van der Waals surface area (Å²) in [5, 5.41) is 9.75. The molecular formula is C25H36O2. The fourth-order valence-corrected chi connectivity index (χ4v) is 2.84. The molecule has 0 aliphatic rings. The van der Waals surface area contributed by atoms with E-state index in [2.05, 4.69) is 24.7 Å². The first-order valence-corrected chi connectivity index (χ1v) is 10.4. The molecule has 0 bridgehead atoms. The van der Waals surface area contributed by atoms with Crippen molar-refractivity contribution in [3.8, 4) is 29.9 Å². The maximum absolute atomic E-state index is 9.75. The number of hydrogen-bond acceptors (Lipinski definition) is 2. The van der Waals surface area contributed by atoms with Crippen molar-refractivity contribution in [1.82, 2.24) is 0 Å². The van der Waals surface area contributed by atoms with Gasteiger partial charge >= 0.3 is 0 Å². The van der Waals surface area contributed by atoms with E-state index >= 15 is 0 Å². The highest BCUT2D eigenvalue weighted by molar-refractivity contribution is 5.48. The van der Waals surface area contributed by atoms with Gasteiger partial charge in [0.15, 0.2) is 0 Å². The third-order valence-electron chi connectivity index (χ3n) is 4.35. The quantitative estimate of drug-likeness (QED) is 0.357. The standard InChI is InChI=1S/C25H36O2/c1-5-7-8-9-10-11-12-13-14-15-18-27-24-20-22(6-2)19-23(21-24)16-17-25(3,4)26/h2,19-21,26H,5,7-15,18H2,1,3-4H3. The van der Waals surface area contributed by atoms with E-state index in [4.69, 9.17) is 11.2 Å². The molecule has 0 heterocycles. The molecular weight excluding hydrogens is 332 g/mol. The molecule has 148 valence electrons. The Hall–Kier alpha value is -1.90. The van der Waals surface area contributed by atoms with Crippen LogP contribution in [0.1, 0.15) is 96.1 Å². The maximum Gasteiger partial charge on any atom is 0.121 e. The molecule has 0 spiro atoms. The highest BCUT2D eigenvalue weighted by Crippen LogP contribution is 2.18. The Kier molecular flexibility index (Phi) is 11.4. The van der Waals surface area contributed by atoms with Crippen LogP contribution in [0.2, 0.25) is 0 Å². The van der Waals surface area contributed by atoms with Gasteiger partial charge < -0.3 is 9.84 Å². The molecule has 0 atom stereocenters. The molecule has 0 unspecified atom stereocenters. The van der Waals surface area contributed by atoms with Gasteiger partial charge in [0, 0.05) is 11.1 Å². The van der Waals surface area contributed by atoms with Gasteiger partial charge in [-0.3, -0.25) is 0 Å². The van der Waals surface area contributed by atoms with E-state index in [1.807, 2.05) is 18.2 Å². The second-order valence-electron chi connectivity index (χ2n) is 7.73. The van der Waals surface area contributed by atoms with Crippen molar-refractivity contribution >= 4 is 0 Å². The molecule has 0 radical (unpaired) electrons. The summed E-state index contributed by atoms with van der Waals surface area (Å²) in [7, 11) is 0. The van der Waals surface area contributed by atoms with Gasteiger partial charge in [0.25, 0.3) is 0 Å². The minimum atomic E-state index is -1.02. The molecule has 0 aliphatic heterocycles. The molecule has 27 heavy (non-hydrogen) atoms. The van der Waals surface area contributed by atoms with Crippen molar-refractivity contribution < 1.29 is 9.84 Å². The van der Waals surface area contributed by atoms with Crippen LogP contribution in [0.5, 0.6) is 5.75 Å². The molecule has 0 aliphatic carbocycles. The fourth-order valence-electron chi connectivity index (χ4n) is 2.84. The lowest BCUT2D eigenvalue weighted by Gasteiger charge is -2.09. The lowest BCUT2D eigenvalue weighted by atomic mass is 10.1. The normalized spacial score (nSPS) is 10.8. The number of aliphatic hydroxyl groups is 1. The van der Waals surface area contributed by atoms with Crippen LogP contribution in [-0.4, -0.2) is 17.3 Å². The zero-order valence-electron chi connectivity index (χ0n) is 17.4. The monoisotopic (exact) mass is 368 g/mol. The first-order valence-electron chi connectivity index (χ1n) is 10.4. The minimum absolute atomic E-state index is 0.697. The summed E-state index contributed by atoms with van der Waals surface area (Å²) in [5.74, 6) is 9.17. The SMILES string of the molecule is C#Cc1cc(C#CC(C)(C)O)cc(OCCCCCCCCCCCC)c1. The highest BCUT2D eigenvalue weighted by Gasteiger charge is 2.06. The Morgan fingerprint density at radius 2 is 1.44 bits per heavy atom. The van der Waals surface area contributed by atoms with Gasteiger partial charge in [-0.05, 0) is 38.5 Å². The van der Waals surface area contributed by atoms with Gasteiger partial charge in [0.1, 0.15) is 11.4 Å². The summed E-state index contributed by atoms with van der Waals surface area (Å²) in [5.41, 5.74) is 0.490. The molecule has 0 fully saturated rings. The van der Waals surface area contributed by atoms with E-state index in [1.54, 1.807) is 13.8 Å². The Labute approximate surface area is 166 Å². The molecule has 0 amide bonds. The summed E-state index contributed by atoms with van der Waals surface area (Å²) in [6.45, 7) is 6.28. The number of hydrogen-bond donors (Lipinski definition) is 1. The van der Waals surface area contributed by atoms with Crippen LogP contribution in [0.3, 0.4) is 0 Å². The lowest BCUT2D eigenvalue weighted by molar-refractivity contribution is 0.143. The van der Waals surface area contributed by atoms with E-state index in [9.17, 15) is 5.11 Å². The van der Waals surface area contributed by atoms with E-state index < -0.39 is 5.60 Å². The van der Waals surface area contributed by atoms with Crippen molar-refractivity contribution in [3.05, 3.63) is 29.3 Å². The van der Waals surface area contributed by atoms with E-state index in [1.165, 1.54) is 57.8 Å².